The molecule has 0 saturated heterocycles. The summed E-state index contributed by atoms with van der Waals surface area (Å²) in [5, 5.41) is 10.1. The first kappa shape index (κ1) is 30.2. The van der Waals surface area contributed by atoms with Gasteiger partial charge in [-0.3, -0.25) is 4.79 Å². The fourth-order valence-electron chi connectivity index (χ4n) is 2.97. The minimum atomic E-state index is -1.50. The third-order valence-electron chi connectivity index (χ3n) is 4.55. The summed E-state index contributed by atoms with van der Waals surface area (Å²) in [4.78, 5) is 32.6. The summed E-state index contributed by atoms with van der Waals surface area (Å²) in [5.41, 5.74) is 0. The van der Waals surface area contributed by atoms with Gasteiger partial charge in [0, 0.05) is 12.5 Å². The zero-order chi connectivity index (χ0) is 20.2. The molecule has 6 heteroatoms. The van der Waals surface area contributed by atoms with E-state index in [2.05, 4.69) is 11.7 Å². The fraction of sp³-hybridized carbons (Fsp3) is 0.773. The van der Waals surface area contributed by atoms with Crippen LogP contribution in [0, 0.1) is 0 Å². The number of carbonyl (C=O) groups is 3. The summed E-state index contributed by atoms with van der Waals surface area (Å²) in [5.74, 6) is -3.08. The van der Waals surface area contributed by atoms with Crippen molar-refractivity contribution in [3.63, 3.8) is 0 Å². The van der Waals surface area contributed by atoms with E-state index in [1.54, 1.807) is 0 Å². The number of carboxylic acid groups (broad SMARTS) is 1. The fourth-order valence-corrected chi connectivity index (χ4v) is 2.97. The first-order chi connectivity index (χ1) is 13.1. The van der Waals surface area contributed by atoms with Crippen molar-refractivity contribution in [2.75, 3.05) is 0 Å². The predicted molar refractivity (Wildman–Crippen MR) is 105 cm³/mol. The average Bonchev–Trinajstić information content (AvgIpc) is 2.63. The van der Waals surface area contributed by atoms with Crippen molar-refractivity contribution in [2.24, 2.45) is 0 Å². The zero-order valence-electron chi connectivity index (χ0n) is 18.0. The van der Waals surface area contributed by atoms with Crippen LogP contribution in [0.5, 0.6) is 0 Å². The van der Waals surface area contributed by atoms with Crippen LogP contribution < -0.4 is 56.5 Å². The van der Waals surface area contributed by atoms with Crippen LogP contribution in [-0.4, -0.2) is 17.9 Å². The summed E-state index contributed by atoms with van der Waals surface area (Å²) in [6, 6.07) is 0. The number of carbonyl (C=O) groups excluding carboxylic acids is 3. The molecule has 0 aromatic heterocycles. The maximum absolute atomic E-state index is 11.4. The molecule has 0 unspecified atom stereocenters. The number of ether oxygens (including phenoxy) is 1. The van der Waals surface area contributed by atoms with Crippen molar-refractivity contribution >= 4 is 17.9 Å². The SMILES string of the molecule is CCCCCCCCCCCCCCCCCC(=O)OC(=O)/C=C/C(=O)[O-].[K+]. The van der Waals surface area contributed by atoms with Gasteiger partial charge in [0.2, 0.25) is 0 Å². The Labute approximate surface area is 213 Å². The third-order valence-corrected chi connectivity index (χ3v) is 4.55. The topological polar surface area (TPSA) is 83.5 Å². The van der Waals surface area contributed by atoms with Gasteiger partial charge >= 0.3 is 63.3 Å². The van der Waals surface area contributed by atoms with E-state index >= 15 is 0 Å². The van der Waals surface area contributed by atoms with Crippen LogP contribution >= 0.6 is 0 Å². The Morgan fingerprint density at radius 3 is 1.46 bits per heavy atom. The molecule has 0 fully saturated rings. The number of rotatable bonds is 18. The molecule has 28 heavy (non-hydrogen) atoms. The molecule has 156 valence electrons. The van der Waals surface area contributed by atoms with Crippen LogP contribution in [0.3, 0.4) is 0 Å². The summed E-state index contributed by atoms with van der Waals surface area (Å²) in [6.45, 7) is 2.25. The van der Waals surface area contributed by atoms with Gasteiger partial charge in [-0.1, -0.05) is 96.8 Å². The van der Waals surface area contributed by atoms with E-state index in [1.165, 1.54) is 77.0 Å². The summed E-state index contributed by atoms with van der Waals surface area (Å²) < 4.78 is 4.46. The Morgan fingerprint density at radius 1 is 0.679 bits per heavy atom. The largest absolute Gasteiger partial charge is 1.00 e. The molecule has 0 rings (SSSR count). The Kier molecular flexibility index (Phi) is 25.1. The Morgan fingerprint density at radius 2 is 1.07 bits per heavy atom. The second kappa shape index (κ2) is 23.3. The number of aliphatic carboxylic acids is 1. The predicted octanol–water partition coefficient (Wildman–Crippen LogP) is 1.63. The summed E-state index contributed by atoms with van der Waals surface area (Å²) in [7, 11) is 0. The summed E-state index contributed by atoms with van der Waals surface area (Å²) >= 11 is 0. The van der Waals surface area contributed by atoms with Crippen LogP contribution in [0.2, 0.25) is 0 Å². The quantitative estimate of drug-likeness (QED) is 0.111. The van der Waals surface area contributed by atoms with Crippen LogP contribution in [0.1, 0.15) is 110 Å². The van der Waals surface area contributed by atoms with E-state index < -0.39 is 17.9 Å². The van der Waals surface area contributed by atoms with Crippen molar-refractivity contribution in [3.8, 4) is 0 Å². The first-order valence-corrected chi connectivity index (χ1v) is 10.7. The number of hydrogen-bond donors (Lipinski definition) is 0. The molecule has 0 aliphatic rings. The van der Waals surface area contributed by atoms with Crippen LogP contribution in [0.25, 0.3) is 0 Å². The minimum absolute atomic E-state index is 0. The van der Waals surface area contributed by atoms with Crippen molar-refractivity contribution in [3.05, 3.63) is 12.2 Å². The van der Waals surface area contributed by atoms with Gasteiger partial charge in [0.25, 0.3) is 0 Å². The molecule has 0 bridgehead atoms. The second-order valence-electron chi connectivity index (χ2n) is 7.15. The maximum atomic E-state index is 11.4. The third kappa shape index (κ3) is 24.0. The van der Waals surface area contributed by atoms with Gasteiger partial charge in [-0.25, -0.2) is 4.79 Å². The van der Waals surface area contributed by atoms with Crippen molar-refractivity contribution in [1.29, 1.82) is 0 Å². The first-order valence-electron chi connectivity index (χ1n) is 10.7. The standard InChI is InChI=1S/C22H38O5.K/c1-2-3-4-5-6-7-8-9-10-11-12-13-14-15-16-17-21(25)27-22(26)19-18-20(23)24;/h18-19H,2-17H2,1H3,(H,23,24);/q;+1/p-1/b19-18+;. The van der Waals surface area contributed by atoms with Crippen molar-refractivity contribution < 1.29 is 75.6 Å². The van der Waals surface area contributed by atoms with E-state index in [0.29, 0.717) is 18.6 Å². The molecular weight excluding hydrogens is 383 g/mol. The van der Waals surface area contributed by atoms with Crippen molar-refractivity contribution in [1.82, 2.24) is 0 Å². The Bertz CT molecular complexity index is 435. The molecule has 0 aliphatic heterocycles. The molecule has 0 saturated carbocycles. The van der Waals surface area contributed by atoms with E-state index in [-0.39, 0.29) is 57.8 Å². The number of carboxylic acids is 1. The van der Waals surface area contributed by atoms with Crippen LogP contribution in [0.15, 0.2) is 12.2 Å². The zero-order valence-corrected chi connectivity index (χ0v) is 21.1. The van der Waals surface area contributed by atoms with Crippen LogP contribution in [0.4, 0.5) is 0 Å². The van der Waals surface area contributed by atoms with Crippen molar-refractivity contribution in [2.45, 2.75) is 110 Å². The Hall–Kier alpha value is -0.0136. The molecule has 0 atom stereocenters. The van der Waals surface area contributed by atoms with E-state index in [9.17, 15) is 19.5 Å². The minimum Gasteiger partial charge on any atom is -0.545 e. The smallest absolute Gasteiger partial charge is 0.545 e. The molecule has 5 nitrogen and oxygen atoms in total. The summed E-state index contributed by atoms with van der Waals surface area (Å²) in [6.07, 6.45) is 20.1. The molecule has 0 heterocycles. The van der Waals surface area contributed by atoms with Gasteiger partial charge in [0.1, 0.15) is 0 Å². The molecule has 0 aliphatic carbocycles. The van der Waals surface area contributed by atoms with Gasteiger partial charge in [0.15, 0.2) is 0 Å². The molecule has 0 aromatic carbocycles. The number of hydrogen-bond acceptors (Lipinski definition) is 5. The molecular formula is C22H37KO5. The molecule has 0 amide bonds. The van der Waals surface area contributed by atoms with Gasteiger partial charge in [-0.2, -0.15) is 0 Å². The van der Waals surface area contributed by atoms with Gasteiger partial charge < -0.3 is 14.6 Å². The van der Waals surface area contributed by atoms with E-state index in [4.69, 9.17) is 0 Å². The number of unbranched alkanes of at least 4 members (excludes halogenated alkanes) is 14. The monoisotopic (exact) mass is 420 g/mol. The van der Waals surface area contributed by atoms with E-state index in [1.807, 2.05) is 0 Å². The second-order valence-corrected chi connectivity index (χ2v) is 7.15. The normalized spacial score (nSPS) is 10.6. The van der Waals surface area contributed by atoms with Crippen LogP contribution in [-0.2, 0) is 19.1 Å². The molecule has 0 radical (unpaired) electrons. The maximum Gasteiger partial charge on any atom is 1.00 e. The average molecular weight is 421 g/mol. The van der Waals surface area contributed by atoms with Gasteiger partial charge in [-0.15, -0.1) is 0 Å². The Balaban J connectivity index is 0. The molecule has 0 spiro atoms. The van der Waals surface area contributed by atoms with E-state index in [0.717, 1.165) is 12.8 Å². The molecule has 0 aromatic rings. The van der Waals surface area contributed by atoms with Gasteiger partial charge in [-0.05, 0) is 12.5 Å². The number of esters is 2. The molecule has 0 N–H and O–H groups in total. The van der Waals surface area contributed by atoms with Gasteiger partial charge in [0.05, 0.1) is 5.97 Å².